The molecule has 0 saturated carbocycles. The highest BCUT2D eigenvalue weighted by Crippen LogP contribution is 2.32. The van der Waals surface area contributed by atoms with Crippen molar-refractivity contribution < 1.29 is 9.50 Å². The van der Waals surface area contributed by atoms with E-state index in [1.54, 1.807) is 0 Å². The van der Waals surface area contributed by atoms with E-state index < -0.39 is 0 Å². The Morgan fingerprint density at radius 1 is 1.62 bits per heavy atom. The SMILES string of the molecule is OCC1Cc2c(Cl)cc(F)cc2N1. The zero-order chi connectivity index (χ0) is 9.42. The number of rotatable bonds is 1. The van der Waals surface area contributed by atoms with Gasteiger partial charge in [-0.1, -0.05) is 11.6 Å². The minimum Gasteiger partial charge on any atom is -0.394 e. The highest BCUT2D eigenvalue weighted by molar-refractivity contribution is 6.31. The first-order chi connectivity index (χ1) is 6.20. The summed E-state index contributed by atoms with van der Waals surface area (Å²) in [5.74, 6) is -0.352. The van der Waals surface area contributed by atoms with E-state index in [0.717, 1.165) is 5.56 Å². The molecule has 0 spiro atoms. The van der Waals surface area contributed by atoms with Gasteiger partial charge in [-0.2, -0.15) is 0 Å². The predicted molar refractivity (Wildman–Crippen MR) is 49.6 cm³/mol. The van der Waals surface area contributed by atoms with Crippen LogP contribution >= 0.6 is 11.6 Å². The molecule has 0 amide bonds. The molecular formula is C9H9ClFNO. The highest BCUT2D eigenvalue weighted by Gasteiger charge is 2.22. The summed E-state index contributed by atoms with van der Waals surface area (Å²) in [5.41, 5.74) is 1.59. The van der Waals surface area contributed by atoms with E-state index in [1.807, 2.05) is 0 Å². The number of hydrogen-bond acceptors (Lipinski definition) is 2. The summed E-state index contributed by atoms with van der Waals surface area (Å²) in [5, 5.41) is 12.3. The van der Waals surface area contributed by atoms with Crippen LogP contribution in [0.1, 0.15) is 5.56 Å². The summed E-state index contributed by atoms with van der Waals surface area (Å²) in [6.07, 6.45) is 0.658. The van der Waals surface area contributed by atoms with E-state index >= 15 is 0 Å². The van der Waals surface area contributed by atoms with Crippen molar-refractivity contribution in [2.24, 2.45) is 0 Å². The van der Waals surface area contributed by atoms with Gasteiger partial charge in [0.15, 0.2) is 0 Å². The second-order valence-electron chi connectivity index (χ2n) is 3.14. The average Bonchev–Trinajstić information content (AvgIpc) is 2.47. The molecule has 0 aromatic heterocycles. The number of aliphatic hydroxyl groups is 1. The molecule has 1 unspecified atom stereocenters. The van der Waals surface area contributed by atoms with Gasteiger partial charge in [-0.15, -0.1) is 0 Å². The summed E-state index contributed by atoms with van der Waals surface area (Å²) in [4.78, 5) is 0. The van der Waals surface area contributed by atoms with E-state index in [0.29, 0.717) is 17.1 Å². The molecule has 0 bridgehead atoms. The van der Waals surface area contributed by atoms with Crippen molar-refractivity contribution in [1.82, 2.24) is 0 Å². The lowest BCUT2D eigenvalue weighted by Gasteiger charge is -2.05. The average molecular weight is 202 g/mol. The zero-order valence-corrected chi connectivity index (χ0v) is 7.61. The van der Waals surface area contributed by atoms with Crippen molar-refractivity contribution in [2.75, 3.05) is 11.9 Å². The Bertz CT molecular complexity index is 343. The van der Waals surface area contributed by atoms with Gasteiger partial charge < -0.3 is 10.4 Å². The van der Waals surface area contributed by atoms with Crippen LogP contribution in [0.3, 0.4) is 0 Å². The monoisotopic (exact) mass is 201 g/mol. The van der Waals surface area contributed by atoms with Gasteiger partial charge in [-0.05, 0) is 24.1 Å². The van der Waals surface area contributed by atoms with Crippen LogP contribution in [0.25, 0.3) is 0 Å². The smallest absolute Gasteiger partial charge is 0.126 e. The summed E-state index contributed by atoms with van der Waals surface area (Å²) in [6.45, 7) is 0.0344. The molecule has 2 rings (SSSR count). The molecule has 0 aliphatic carbocycles. The van der Waals surface area contributed by atoms with Gasteiger partial charge in [0.1, 0.15) is 5.82 Å². The maximum Gasteiger partial charge on any atom is 0.126 e. The fourth-order valence-corrected chi connectivity index (χ4v) is 1.85. The Morgan fingerprint density at radius 2 is 2.38 bits per heavy atom. The van der Waals surface area contributed by atoms with Crippen molar-refractivity contribution in [1.29, 1.82) is 0 Å². The topological polar surface area (TPSA) is 32.3 Å². The van der Waals surface area contributed by atoms with Crippen molar-refractivity contribution in [3.05, 3.63) is 28.5 Å². The van der Waals surface area contributed by atoms with Crippen LogP contribution in [-0.2, 0) is 6.42 Å². The van der Waals surface area contributed by atoms with E-state index in [4.69, 9.17) is 16.7 Å². The Labute approximate surface area is 80.3 Å². The molecule has 1 atom stereocenters. The Kier molecular flexibility index (Phi) is 2.14. The molecule has 1 aromatic carbocycles. The molecule has 1 heterocycles. The molecule has 2 nitrogen and oxygen atoms in total. The molecule has 1 aliphatic rings. The van der Waals surface area contributed by atoms with E-state index in [2.05, 4.69) is 5.32 Å². The lowest BCUT2D eigenvalue weighted by atomic mass is 10.1. The van der Waals surface area contributed by atoms with Crippen LogP contribution in [0.4, 0.5) is 10.1 Å². The predicted octanol–water partition coefficient (Wildman–Crippen LogP) is 1.81. The molecule has 13 heavy (non-hydrogen) atoms. The Morgan fingerprint density at radius 3 is 3.08 bits per heavy atom. The first-order valence-corrected chi connectivity index (χ1v) is 4.44. The standard InChI is InChI=1S/C9H9ClFNO/c10-8-1-5(11)2-9-7(8)3-6(4-13)12-9/h1-2,6,12-13H,3-4H2. The van der Waals surface area contributed by atoms with E-state index in [-0.39, 0.29) is 18.5 Å². The Balaban J connectivity index is 2.40. The summed E-state index contributed by atoms with van der Waals surface area (Å²) < 4.78 is 12.9. The van der Waals surface area contributed by atoms with Crippen molar-refractivity contribution in [3.63, 3.8) is 0 Å². The summed E-state index contributed by atoms with van der Waals surface area (Å²) >= 11 is 5.84. The van der Waals surface area contributed by atoms with E-state index in [9.17, 15) is 4.39 Å². The van der Waals surface area contributed by atoms with Gasteiger partial charge in [0.2, 0.25) is 0 Å². The van der Waals surface area contributed by atoms with Gasteiger partial charge in [0.05, 0.1) is 12.6 Å². The van der Waals surface area contributed by atoms with E-state index in [1.165, 1.54) is 12.1 Å². The van der Waals surface area contributed by atoms with Crippen LogP contribution < -0.4 is 5.32 Å². The van der Waals surface area contributed by atoms with Crippen LogP contribution in [0.5, 0.6) is 0 Å². The van der Waals surface area contributed by atoms with Gasteiger partial charge in [-0.3, -0.25) is 0 Å². The third-order valence-electron chi connectivity index (χ3n) is 2.19. The second kappa shape index (κ2) is 3.16. The van der Waals surface area contributed by atoms with Gasteiger partial charge in [0, 0.05) is 10.7 Å². The number of fused-ring (bicyclic) bond motifs is 1. The largest absolute Gasteiger partial charge is 0.394 e. The molecule has 0 fully saturated rings. The fourth-order valence-electron chi connectivity index (χ4n) is 1.57. The van der Waals surface area contributed by atoms with Crippen molar-refractivity contribution in [3.8, 4) is 0 Å². The lowest BCUT2D eigenvalue weighted by Crippen LogP contribution is -2.19. The molecule has 70 valence electrons. The molecule has 0 radical (unpaired) electrons. The first kappa shape index (κ1) is 8.78. The normalized spacial score (nSPS) is 19.8. The van der Waals surface area contributed by atoms with Crippen LogP contribution in [0, 0.1) is 5.82 Å². The van der Waals surface area contributed by atoms with Gasteiger partial charge >= 0.3 is 0 Å². The highest BCUT2D eigenvalue weighted by atomic mass is 35.5. The Hall–Kier alpha value is -0.800. The minimum absolute atomic E-state index is 0.0331. The lowest BCUT2D eigenvalue weighted by molar-refractivity contribution is 0.277. The molecule has 4 heteroatoms. The number of hydrogen-bond donors (Lipinski definition) is 2. The van der Waals surface area contributed by atoms with Crippen LogP contribution in [0.15, 0.2) is 12.1 Å². The number of anilines is 1. The molecular weight excluding hydrogens is 193 g/mol. The third kappa shape index (κ3) is 1.49. The maximum atomic E-state index is 12.9. The van der Waals surface area contributed by atoms with Crippen LogP contribution in [0.2, 0.25) is 5.02 Å². The van der Waals surface area contributed by atoms with Crippen LogP contribution in [-0.4, -0.2) is 17.8 Å². The molecule has 2 N–H and O–H groups in total. The molecule has 0 saturated heterocycles. The second-order valence-corrected chi connectivity index (χ2v) is 3.55. The number of benzene rings is 1. The number of aliphatic hydroxyl groups excluding tert-OH is 1. The van der Waals surface area contributed by atoms with Crippen molar-refractivity contribution in [2.45, 2.75) is 12.5 Å². The van der Waals surface area contributed by atoms with Gasteiger partial charge in [-0.25, -0.2) is 4.39 Å². The van der Waals surface area contributed by atoms with Gasteiger partial charge in [0.25, 0.3) is 0 Å². The first-order valence-electron chi connectivity index (χ1n) is 4.06. The number of nitrogens with one attached hydrogen (secondary N) is 1. The third-order valence-corrected chi connectivity index (χ3v) is 2.53. The summed E-state index contributed by atoms with van der Waals surface area (Å²) in [6, 6.07) is 2.66. The minimum atomic E-state index is -0.352. The zero-order valence-electron chi connectivity index (χ0n) is 6.85. The fraction of sp³-hybridized carbons (Fsp3) is 0.333. The molecule has 1 aliphatic heterocycles. The quantitative estimate of drug-likeness (QED) is 0.727. The summed E-state index contributed by atoms with van der Waals surface area (Å²) in [7, 11) is 0. The maximum absolute atomic E-state index is 12.9. The molecule has 1 aromatic rings. The number of halogens is 2. The van der Waals surface area contributed by atoms with Crippen molar-refractivity contribution >= 4 is 17.3 Å².